The summed E-state index contributed by atoms with van der Waals surface area (Å²) in [6.45, 7) is 7.25. The molecule has 2 nitrogen and oxygen atoms in total. The van der Waals surface area contributed by atoms with Crippen LogP contribution in [0.15, 0.2) is 0 Å². The van der Waals surface area contributed by atoms with Crippen molar-refractivity contribution >= 4 is 0 Å². The van der Waals surface area contributed by atoms with Crippen molar-refractivity contribution in [2.24, 2.45) is 5.92 Å². The summed E-state index contributed by atoms with van der Waals surface area (Å²) in [6, 6.07) is 0. The lowest BCUT2D eigenvalue weighted by atomic mass is 10.2. The van der Waals surface area contributed by atoms with Crippen LogP contribution < -0.4 is 0 Å². The summed E-state index contributed by atoms with van der Waals surface area (Å²) in [7, 11) is 0. The Bertz CT molecular complexity index is 83.0. The zero-order valence-electron chi connectivity index (χ0n) is 5.71. The van der Waals surface area contributed by atoms with Crippen LogP contribution in [0.2, 0.25) is 0 Å². The summed E-state index contributed by atoms with van der Waals surface area (Å²) in [5.74, 6) is 0.594. The SMILES string of the molecule is [CH2]C1CCN(CCO)C1. The second-order valence-corrected chi connectivity index (χ2v) is 2.68. The number of aliphatic hydroxyl groups excluding tert-OH is 1. The Morgan fingerprint density at radius 2 is 2.44 bits per heavy atom. The molecular formula is C7H14NO. The van der Waals surface area contributed by atoms with Gasteiger partial charge in [0, 0.05) is 13.1 Å². The molecule has 1 atom stereocenters. The van der Waals surface area contributed by atoms with E-state index in [0.717, 1.165) is 19.6 Å². The first kappa shape index (κ1) is 7.03. The van der Waals surface area contributed by atoms with Gasteiger partial charge in [0.05, 0.1) is 6.61 Å². The van der Waals surface area contributed by atoms with E-state index in [9.17, 15) is 0 Å². The van der Waals surface area contributed by atoms with Gasteiger partial charge in [-0.3, -0.25) is 0 Å². The van der Waals surface area contributed by atoms with Gasteiger partial charge in [-0.25, -0.2) is 0 Å². The van der Waals surface area contributed by atoms with Gasteiger partial charge in [0.25, 0.3) is 0 Å². The first-order valence-corrected chi connectivity index (χ1v) is 3.49. The van der Waals surface area contributed by atoms with Crippen molar-refractivity contribution < 1.29 is 5.11 Å². The van der Waals surface area contributed by atoms with Gasteiger partial charge < -0.3 is 10.0 Å². The highest BCUT2D eigenvalue weighted by atomic mass is 16.3. The molecule has 0 amide bonds. The molecule has 1 unspecified atom stereocenters. The monoisotopic (exact) mass is 128 g/mol. The van der Waals surface area contributed by atoms with Gasteiger partial charge in [0.2, 0.25) is 0 Å². The fourth-order valence-electron chi connectivity index (χ4n) is 1.26. The number of rotatable bonds is 2. The molecule has 1 fully saturated rings. The van der Waals surface area contributed by atoms with Gasteiger partial charge in [-0.2, -0.15) is 0 Å². The molecule has 2 heteroatoms. The molecule has 1 rings (SSSR count). The van der Waals surface area contributed by atoms with Crippen molar-refractivity contribution in [2.45, 2.75) is 6.42 Å². The number of likely N-dealkylation sites (tertiary alicyclic amines) is 1. The highest BCUT2D eigenvalue weighted by Gasteiger charge is 2.16. The zero-order valence-corrected chi connectivity index (χ0v) is 5.71. The smallest absolute Gasteiger partial charge is 0.0558 e. The van der Waals surface area contributed by atoms with Gasteiger partial charge in [-0.05, 0) is 25.8 Å². The molecule has 1 saturated heterocycles. The van der Waals surface area contributed by atoms with Gasteiger partial charge in [-0.15, -0.1) is 0 Å². The molecule has 1 aliphatic heterocycles. The van der Waals surface area contributed by atoms with Gasteiger partial charge in [0.15, 0.2) is 0 Å². The lowest BCUT2D eigenvalue weighted by Crippen LogP contribution is -2.23. The molecular weight excluding hydrogens is 114 g/mol. The Kier molecular flexibility index (Phi) is 2.49. The first-order valence-electron chi connectivity index (χ1n) is 3.49. The molecule has 0 aromatic rings. The molecule has 0 aromatic carbocycles. The lowest BCUT2D eigenvalue weighted by molar-refractivity contribution is 0.219. The third-order valence-corrected chi connectivity index (χ3v) is 1.79. The van der Waals surface area contributed by atoms with Crippen molar-refractivity contribution in [2.75, 3.05) is 26.2 Å². The summed E-state index contributed by atoms with van der Waals surface area (Å²) >= 11 is 0. The van der Waals surface area contributed by atoms with Crippen LogP contribution in [0, 0.1) is 12.8 Å². The predicted molar refractivity (Wildman–Crippen MR) is 37.0 cm³/mol. The van der Waals surface area contributed by atoms with Crippen LogP contribution >= 0.6 is 0 Å². The summed E-state index contributed by atoms with van der Waals surface area (Å²) in [5, 5.41) is 8.55. The largest absolute Gasteiger partial charge is 0.395 e. The number of hydrogen-bond donors (Lipinski definition) is 1. The van der Waals surface area contributed by atoms with E-state index in [2.05, 4.69) is 11.8 Å². The van der Waals surface area contributed by atoms with Crippen molar-refractivity contribution in [1.29, 1.82) is 0 Å². The van der Waals surface area contributed by atoms with E-state index in [1.807, 2.05) is 0 Å². The van der Waals surface area contributed by atoms with Crippen LogP contribution in [0.1, 0.15) is 6.42 Å². The van der Waals surface area contributed by atoms with Crippen LogP contribution in [-0.2, 0) is 0 Å². The molecule has 1 aliphatic rings. The molecule has 0 spiro atoms. The summed E-state index contributed by atoms with van der Waals surface area (Å²) in [5.41, 5.74) is 0. The summed E-state index contributed by atoms with van der Waals surface area (Å²) < 4.78 is 0. The number of nitrogens with zero attached hydrogens (tertiary/aromatic N) is 1. The van der Waals surface area contributed by atoms with Crippen LogP contribution in [0.5, 0.6) is 0 Å². The Morgan fingerprint density at radius 1 is 1.67 bits per heavy atom. The topological polar surface area (TPSA) is 23.5 Å². The maximum atomic E-state index is 8.55. The first-order chi connectivity index (χ1) is 4.33. The number of hydrogen-bond acceptors (Lipinski definition) is 2. The van der Waals surface area contributed by atoms with Gasteiger partial charge in [0.1, 0.15) is 0 Å². The molecule has 0 aromatic heterocycles. The normalized spacial score (nSPS) is 29.3. The van der Waals surface area contributed by atoms with Crippen LogP contribution in [0.4, 0.5) is 0 Å². The summed E-state index contributed by atoms with van der Waals surface area (Å²) in [6.07, 6.45) is 1.19. The maximum absolute atomic E-state index is 8.55. The maximum Gasteiger partial charge on any atom is 0.0558 e. The van der Waals surface area contributed by atoms with E-state index >= 15 is 0 Å². The molecule has 53 valence electrons. The quantitative estimate of drug-likeness (QED) is 0.571. The Balaban J connectivity index is 2.14. The van der Waals surface area contributed by atoms with Crippen molar-refractivity contribution in [3.8, 4) is 0 Å². The second-order valence-electron chi connectivity index (χ2n) is 2.68. The molecule has 1 radical (unpaired) electrons. The highest BCUT2D eigenvalue weighted by molar-refractivity contribution is 4.76. The molecule has 1 heterocycles. The third-order valence-electron chi connectivity index (χ3n) is 1.79. The molecule has 0 saturated carbocycles. The van der Waals surface area contributed by atoms with E-state index < -0.39 is 0 Å². The minimum absolute atomic E-state index is 0.284. The van der Waals surface area contributed by atoms with Gasteiger partial charge >= 0.3 is 0 Å². The van der Waals surface area contributed by atoms with Crippen LogP contribution in [0.25, 0.3) is 0 Å². The highest BCUT2D eigenvalue weighted by Crippen LogP contribution is 2.13. The standard InChI is InChI=1S/C7H14NO/c1-7-2-3-8(6-7)4-5-9/h7,9H,1-6H2. The molecule has 1 N–H and O–H groups in total. The van der Waals surface area contributed by atoms with E-state index in [1.54, 1.807) is 0 Å². The van der Waals surface area contributed by atoms with E-state index in [4.69, 9.17) is 5.11 Å². The van der Waals surface area contributed by atoms with Crippen molar-refractivity contribution in [1.82, 2.24) is 4.90 Å². The Labute approximate surface area is 56.5 Å². The number of aliphatic hydroxyl groups is 1. The van der Waals surface area contributed by atoms with E-state index in [1.165, 1.54) is 6.42 Å². The average Bonchev–Trinajstić information content (AvgIpc) is 2.17. The predicted octanol–water partition coefficient (Wildman–Crippen LogP) is 0.135. The van der Waals surface area contributed by atoms with Crippen molar-refractivity contribution in [3.63, 3.8) is 0 Å². The Hall–Kier alpha value is -0.0800. The fourth-order valence-corrected chi connectivity index (χ4v) is 1.26. The summed E-state index contributed by atoms with van der Waals surface area (Å²) in [4.78, 5) is 2.25. The molecule has 0 aliphatic carbocycles. The fraction of sp³-hybridized carbons (Fsp3) is 0.857. The van der Waals surface area contributed by atoms with E-state index in [0.29, 0.717) is 5.92 Å². The second kappa shape index (κ2) is 3.18. The lowest BCUT2D eigenvalue weighted by Gasteiger charge is -2.11. The van der Waals surface area contributed by atoms with Crippen LogP contribution in [0.3, 0.4) is 0 Å². The zero-order chi connectivity index (χ0) is 6.69. The number of β-amino-alcohol motifs (C(OH)–C–C–N with tert-alkyl or cyclic N) is 1. The molecule has 9 heavy (non-hydrogen) atoms. The van der Waals surface area contributed by atoms with Crippen molar-refractivity contribution in [3.05, 3.63) is 6.92 Å². The third kappa shape index (κ3) is 1.95. The average molecular weight is 128 g/mol. The van der Waals surface area contributed by atoms with E-state index in [-0.39, 0.29) is 6.61 Å². The Morgan fingerprint density at radius 3 is 2.89 bits per heavy atom. The van der Waals surface area contributed by atoms with Gasteiger partial charge in [-0.1, -0.05) is 0 Å². The minimum atomic E-state index is 0.284. The van der Waals surface area contributed by atoms with Crippen LogP contribution in [-0.4, -0.2) is 36.2 Å². The molecule has 0 bridgehead atoms. The minimum Gasteiger partial charge on any atom is -0.395 e.